The smallest absolute Gasteiger partial charge is 0.224 e. The molecular weight excluding hydrogens is 238 g/mol. The standard InChI is InChI=1S/C14H13N5/c1-2-8-15-14-16-9-7-13(18-14)19-10-17-11-5-3-4-6-12(11)19/h2-7,9-10H,1,8H2,(H,15,16,18). The van der Waals surface area contributed by atoms with Crippen LogP contribution in [0.1, 0.15) is 0 Å². The highest BCUT2D eigenvalue weighted by atomic mass is 15.2. The molecule has 1 N–H and O–H groups in total. The lowest BCUT2D eigenvalue weighted by molar-refractivity contribution is 0.991. The monoisotopic (exact) mass is 251 g/mol. The lowest BCUT2D eigenvalue weighted by Crippen LogP contribution is -2.05. The van der Waals surface area contributed by atoms with Gasteiger partial charge in [0.25, 0.3) is 0 Å². The molecule has 0 bridgehead atoms. The van der Waals surface area contributed by atoms with E-state index in [-0.39, 0.29) is 0 Å². The maximum Gasteiger partial charge on any atom is 0.224 e. The van der Waals surface area contributed by atoms with E-state index in [1.54, 1.807) is 18.6 Å². The van der Waals surface area contributed by atoms with Gasteiger partial charge in [-0.2, -0.15) is 4.98 Å². The second-order valence-corrected chi connectivity index (χ2v) is 4.01. The topological polar surface area (TPSA) is 55.6 Å². The molecule has 94 valence electrons. The van der Waals surface area contributed by atoms with Crippen LogP contribution in [0.2, 0.25) is 0 Å². The Morgan fingerprint density at radius 2 is 2.11 bits per heavy atom. The van der Waals surface area contributed by atoms with Crippen molar-refractivity contribution in [2.45, 2.75) is 0 Å². The number of aromatic nitrogens is 4. The fourth-order valence-electron chi connectivity index (χ4n) is 1.87. The van der Waals surface area contributed by atoms with Crippen LogP contribution in [0, 0.1) is 0 Å². The highest BCUT2D eigenvalue weighted by molar-refractivity contribution is 5.76. The first-order valence-corrected chi connectivity index (χ1v) is 5.99. The Bertz CT molecular complexity index is 716. The Labute approximate surface area is 110 Å². The summed E-state index contributed by atoms with van der Waals surface area (Å²) in [6, 6.07) is 9.80. The van der Waals surface area contributed by atoms with E-state index in [9.17, 15) is 0 Å². The summed E-state index contributed by atoms with van der Waals surface area (Å²) in [5.74, 6) is 1.37. The molecule has 0 unspecified atom stereocenters. The van der Waals surface area contributed by atoms with Crippen molar-refractivity contribution >= 4 is 17.0 Å². The molecule has 0 aliphatic rings. The summed E-state index contributed by atoms with van der Waals surface area (Å²) >= 11 is 0. The number of fused-ring (bicyclic) bond motifs is 1. The predicted octanol–water partition coefficient (Wildman–Crippen LogP) is 2.41. The van der Waals surface area contributed by atoms with Crippen LogP contribution in [-0.4, -0.2) is 26.1 Å². The lowest BCUT2D eigenvalue weighted by Gasteiger charge is -2.06. The van der Waals surface area contributed by atoms with Gasteiger partial charge in [-0.05, 0) is 18.2 Å². The van der Waals surface area contributed by atoms with E-state index in [4.69, 9.17) is 0 Å². The van der Waals surface area contributed by atoms with Gasteiger partial charge in [-0.3, -0.25) is 4.57 Å². The molecule has 19 heavy (non-hydrogen) atoms. The molecule has 3 rings (SSSR count). The minimum atomic E-state index is 0.579. The SMILES string of the molecule is C=CCNc1nccc(-n2cnc3ccccc32)n1. The molecule has 0 radical (unpaired) electrons. The first kappa shape index (κ1) is 11.4. The first-order valence-electron chi connectivity index (χ1n) is 5.99. The van der Waals surface area contributed by atoms with Crippen molar-refractivity contribution in [3.05, 3.63) is 55.5 Å². The molecule has 0 fully saturated rings. The summed E-state index contributed by atoms with van der Waals surface area (Å²) in [4.78, 5) is 13.0. The van der Waals surface area contributed by atoms with E-state index >= 15 is 0 Å². The van der Waals surface area contributed by atoms with E-state index in [0.29, 0.717) is 12.5 Å². The molecule has 0 saturated carbocycles. The second-order valence-electron chi connectivity index (χ2n) is 4.01. The van der Waals surface area contributed by atoms with Gasteiger partial charge in [0.15, 0.2) is 0 Å². The minimum absolute atomic E-state index is 0.579. The third-order valence-corrected chi connectivity index (χ3v) is 2.75. The van der Waals surface area contributed by atoms with Crippen molar-refractivity contribution in [2.24, 2.45) is 0 Å². The van der Waals surface area contributed by atoms with Crippen LogP contribution in [0.3, 0.4) is 0 Å². The molecule has 2 aromatic heterocycles. The third-order valence-electron chi connectivity index (χ3n) is 2.75. The predicted molar refractivity (Wildman–Crippen MR) is 75.3 cm³/mol. The van der Waals surface area contributed by atoms with Gasteiger partial charge < -0.3 is 5.32 Å². The number of para-hydroxylation sites is 2. The van der Waals surface area contributed by atoms with Gasteiger partial charge in [0.2, 0.25) is 5.95 Å². The molecule has 5 heteroatoms. The molecule has 0 saturated heterocycles. The van der Waals surface area contributed by atoms with Crippen LogP contribution in [0.5, 0.6) is 0 Å². The lowest BCUT2D eigenvalue weighted by atomic mass is 10.3. The van der Waals surface area contributed by atoms with Crippen molar-refractivity contribution in [1.82, 2.24) is 19.5 Å². The van der Waals surface area contributed by atoms with E-state index in [1.807, 2.05) is 34.9 Å². The number of nitrogens with one attached hydrogen (secondary N) is 1. The fourth-order valence-corrected chi connectivity index (χ4v) is 1.87. The van der Waals surface area contributed by atoms with Crippen molar-refractivity contribution in [3.8, 4) is 5.82 Å². The minimum Gasteiger partial charge on any atom is -0.351 e. The highest BCUT2D eigenvalue weighted by Gasteiger charge is 2.05. The quantitative estimate of drug-likeness (QED) is 0.723. The largest absolute Gasteiger partial charge is 0.351 e. The zero-order chi connectivity index (χ0) is 13.1. The van der Waals surface area contributed by atoms with Crippen LogP contribution in [-0.2, 0) is 0 Å². The van der Waals surface area contributed by atoms with E-state index < -0.39 is 0 Å². The maximum absolute atomic E-state index is 4.46. The van der Waals surface area contributed by atoms with E-state index in [2.05, 4.69) is 26.8 Å². The Hall–Kier alpha value is -2.69. The Balaban J connectivity index is 2.03. The first-order chi connectivity index (χ1) is 9.38. The van der Waals surface area contributed by atoms with Gasteiger partial charge in [0.1, 0.15) is 12.1 Å². The molecule has 3 aromatic rings. The molecule has 0 aliphatic carbocycles. The summed E-state index contributed by atoms with van der Waals surface area (Å²) in [5, 5.41) is 3.07. The molecule has 0 aliphatic heterocycles. The van der Waals surface area contributed by atoms with Gasteiger partial charge in [-0.15, -0.1) is 6.58 Å². The maximum atomic E-state index is 4.46. The average Bonchev–Trinajstić information content (AvgIpc) is 2.89. The van der Waals surface area contributed by atoms with Gasteiger partial charge in [-0.25, -0.2) is 9.97 Å². The molecule has 2 heterocycles. The van der Waals surface area contributed by atoms with Crippen LogP contribution in [0.15, 0.2) is 55.5 Å². The Morgan fingerprint density at radius 3 is 3.00 bits per heavy atom. The number of benzene rings is 1. The summed E-state index contributed by atoms with van der Waals surface area (Å²) in [5.41, 5.74) is 1.97. The zero-order valence-corrected chi connectivity index (χ0v) is 10.3. The Morgan fingerprint density at radius 1 is 1.21 bits per heavy atom. The highest BCUT2D eigenvalue weighted by Crippen LogP contribution is 2.16. The number of hydrogen-bond donors (Lipinski definition) is 1. The van der Waals surface area contributed by atoms with Crippen LogP contribution >= 0.6 is 0 Å². The summed E-state index contributed by atoms with van der Waals surface area (Å²) in [7, 11) is 0. The molecule has 0 atom stereocenters. The van der Waals surface area contributed by atoms with Crippen molar-refractivity contribution in [2.75, 3.05) is 11.9 Å². The van der Waals surface area contributed by atoms with Gasteiger partial charge in [0, 0.05) is 12.7 Å². The molecule has 5 nitrogen and oxygen atoms in total. The number of imidazole rings is 1. The molecule has 1 aromatic carbocycles. The number of hydrogen-bond acceptors (Lipinski definition) is 4. The summed E-state index contributed by atoms with van der Waals surface area (Å²) in [6.45, 7) is 4.29. The van der Waals surface area contributed by atoms with Crippen molar-refractivity contribution in [3.63, 3.8) is 0 Å². The second kappa shape index (κ2) is 4.89. The van der Waals surface area contributed by atoms with E-state index in [0.717, 1.165) is 16.9 Å². The molecule has 0 spiro atoms. The van der Waals surface area contributed by atoms with Crippen LogP contribution < -0.4 is 5.32 Å². The van der Waals surface area contributed by atoms with Gasteiger partial charge >= 0.3 is 0 Å². The zero-order valence-electron chi connectivity index (χ0n) is 10.3. The number of rotatable bonds is 4. The van der Waals surface area contributed by atoms with Crippen LogP contribution in [0.25, 0.3) is 16.9 Å². The third kappa shape index (κ3) is 2.18. The number of nitrogens with zero attached hydrogens (tertiary/aromatic N) is 4. The molecule has 0 amide bonds. The van der Waals surface area contributed by atoms with Crippen LogP contribution in [0.4, 0.5) is 5.95 Å². The normalized spacial score (nSPS) is 10.5. The summed E-state index contributed by atoms with van der Waals surface area (Å²) in [6.07, 6.45) is 5.26. The molecular formula is C14H13N5. The van der Waals surface area contributed by atoms with Gasteiger partial charge in [0.05, 0.1) is 11.0 Å². The fraction of sp³-hybridized carbons (Fsp3) is 0.0714. The number of anilines is 1. The van der Waals surface area contributed by atoms with Crippen molar-refractivity contribution < 1.29 is 0 Å². The average molecular weight is 251 g/mol. The van der Waals surface area contributed by atoms with Crippen molar-refractivity contribution in [1.29, 1.82) is 0 Å². The van der Waals surface area contributed by atoms with Gasteiger partial charge in [-0.1, -0.05) is 18.2 Å². The van der Waals surface area contributed by atoms with E-state index in [1.165, 1.54) is 0 Å². The Kier molecular flexibility index (Phi) is 2.94. The summed E-state index contributed by atoms with van der Waals surface area (Å²) < 4.78 is 1.94.